The third-order valence-corrected chi connectivity index (χ3v) is 7.76. The maximum absolute atomic E-state index is 12.9. The van der Waals surface area contributed by atoms with Crippen molar-refractivity contribution in [3.63, 3.8) is 0 Å². The predicted octanol–water partition coefficient (Wildman–Crippen LogP) is 7.81. The lowest BCUT2D eigenvalue weighted by atomic mass is 9.92. The largest absolute Gasteiger partial charge is 0.469 e. The minimum absolute atomic E-state index is 0.0335. The number of amides is 2. The Morgan fingerprint density at radius 2 is 1.37 bits per heavy atom. The molecule has 1 aliphatic heterocycles. The molecule has 0 bridgehead atoms. The van der Waals surface area contributed by atoms with E-state index in [1.807, 2.05) is 12.1 Å². The normalized spacial score (nSPS) is 17.1. The molecule has 2 rings (SSSR count). The topological polar surface area (TPSA) is 111 Å². The second kappa shape index (κ2) is 24.4. The van der Waals surface area contributed by atoms with Crippen LogP contribution in [0.5, 0.6) is 0 Å². The summed E-state index contributed by atoms with van der Waals surface area (Å²) in [5, 5.41) is 5.53. The quantitative estimate of drug-likeness (QED) is 0.0698. The Bertz CT molecular complexity index is 1390. The summed E-state index contributed by atoms with van der Waals surface area (Å²) in [6.45, 7) is 4.21. The molecule has 1 aromatic rings. The number of methoxy groups -OCH3 is 1. The highest BCUT2D eigenvalue weighted by atomic mass is 16.5. The average Bonchev–Trinajstić information content (AvgIpc) is 3.43. The third kappa shape index (κ3) is 16.3. The van der Waals surface area contributed by atoms with Gasteiger partial charge >= 0.3 is 5.97 Å². The van der Waals surface area contributed by atoms with Crippen molar-refractivity contribution in [1.82, 2.24) is 10.6 Å². The van der Waals surface area contributed by atoms with Gasteiger partial charge in [-0.2, -0.15) is 0 Å². The number of ketones is 1. The van der Waals surface area contributed by atoms with Gasteiger partial charge in [-0.1, -0.05) is 110 Å². The van der Waals surface area contributed by atoms with E-state index in [2.05, 4.69) is 84.4 Å². The number of benzene rings is 1. The van der Waals surface area contributed by atoms with Crippen LogP contribution in [-0.4, -0.2) is 43.3 Å². The van der Waals surface area contributed by atoms with Crippen LogP contribution in [0, 0.1) is 0 Å². The Morgan fingerprint density at radius 3 is 1.92 bits per heavy atom. The zero-order chi connectivity index (χ0) is 35.6. The van der Waals surface area contributed by atoms with Crippen LogP contribution in [0.4, 0.5) is 0 Å². The van der Waals surface area contributed by atoms with Crippen LogP contribution < -0.4 is 10.6 Å². The number of carbonyl (C=O) groups is 4. The summed E-state index contributed by atoms with van der Waals surface area (Å²) in [6.07, 6.45) is 35.3. The summed E-state index contributed by atoms with van der Waals surface area (Å²) in [5.74, 6) is -1.79. The molecular weight excluding hydrogens is 616 g/mol. The van der Waals surface area contributed by atoms with Crippen molar-refractivity contribution in [3.8, 4) is 0 Å². The number of hydrogen-bond acceptors (Lipinski definition) is 6. The van der Waals surface area contributed by atoms with E-state index in [1.165, 1.54) is 7.11 Å². The molecule has 0 aliphatic carbocycles. The van der Waals surface area contributed by atoms with Gasteiger partial charge in [0.2, 0.25) is 11.7 Å². The van der Waals surface area contributed by atoms with E-state index in [-0.39, 0.29) is 17.4 Å². The number of hydrogen-bond donors (Lipinski definition) is 2. The molecule has 0 saturated carbocycles. The number of unbranched alkanes of at least 4 members (excludes halogenated alkanes) is 1. The Morgan fingerprint density at radius 1 is 0.816 bits per heavy atom. The first-order valence-corrected chi connectivity index (χ1v) is 17.4. The fraction of sp³-hybridized carbons (Fsp3) is 0.415. The lowest BCUT2D eigenvalue weighted by Crippen LogP contribution is -2.42. The van der Waals surface area contributed by atoms with Gasteiger partial charge in [-0.05, 0) is 71.1 Å². The average molecular weight is 671 g/mol. The van der Waals surface area contributed by atoms with Crippen LogP contribution in [0.15, 0.2) is 115 Å². The molecule has 264 valence electrons. The van der Waals surface area contributed by atoms with E-state index in [1.54, 1.807) is 31.2 Å². The molecule has 1 aliphatic rings. The highest BCUT2D eigenvalue weighted by Crippen LogP contribution is 2.34. The molecule has 8 nitrogen and oxygen atoms in total. The number of carbonyl (C=O) groups excluding carboxylic acids is 4. The van der Waals surface area contributed by atoms with Crippen molar-refractivity contribution >= 4 is 23.6 Å². The van der Waals surface area contributed by atoms with Crippen molar-refractivity contribution in [2.75, 3.05) is 13.7 Å². The fourth-order valence-corrected chi connectivity index (χ4v) is 4.89. The first kappa shape index (κ1) is 40.5. The highest BCUT2D eigenvalue weighted by Gasteiger charge is 2.44. The van der Waals surface area contributed by atoms with Crippen LogP contribution in [0.1, 0.15) is 90.0 Å². The Balaban J connectivity index is 1.56. The molecule has 49 heavy (non-hydrogen) atoms. The van der Waals surface area contributed by atoms with Gasteiger partial charge in [0.25, 0.3) is 5.91 Å². The molecule has 0 spiro atoms. The van der Waals surface area contributed by atoms with Gasteiger partial charge in [-0.25, -0.2) is 4.79 Å². The lowest BCUT2D eigenvalue weighted by Gasteiger charge is -2.24. The number of nitrogens with one attached hydrogen (secondary N) is 2. The summed E-state index contributed by atoms with van der Waals surface area (Å²) < 4.78 is 10.6. The summed E-state index contributed by atoms with van der Waals surface area (Å²) >= 11 is 0. The van der Waals surface area contributed by atoms with E-state index in [0.29, 0.717) is 44.2 Å². The molecule has 2 N–H and O–H groups in total. The van der Waals surface area contributed by atoms with Crippen LogP contribution in [0.2, 0.25) is 0 Å². The lowest BCUT2D eigenvalue weighted by molar-refractivity contribution is -0.145. The number of allylic oxidation sites excluding steroid dienone is 12. The van der Waals surface area contributed by atoms with Crippen molar-refractivity contribution in [2.45, 2.75) is 96.1 Å². The zero-order valence-corrected chi connectivity index (χ0v) is 29.4. The van der Waals surface area contributed by atoms with Gasteiger partial charge in [0, 0.05) is 24.6 Å². The maximum Gasteiger partial charge on any atom is 0.328 e. The van der Waals surface area contributed by atoms with E-state index >= 15 is 0 Å². The minimum atomic E-state index is -1.31. The van der Waals surface area contributed by atoms with E-state index in [4.69, 9.17) is 9.47 Å². The summed E-state index contributed by atoms with van der Waals surface area (Å²) in [4.78, 5) is 50.1. The molecule has 2 atom stereocenters. The van der Waals surface area contributed by atoms with Gasteiger partial charge in [0.15, 0.2) is 11.4 Å². The SMILES string of the molecule is CC/C=C\C/C=C\C/C=C\C/C=C\C/C=C\C/C=C\CCC(=O)NCCCCC(NC(=O)C1=CC(=O)C(C)(c2ccccc2)O1)C(=O)OC. The van der Waals surface area contributed by atoms with Crippen molar-refractivity contribution in [3.05, 3.63) is 121 Å². The monoisotopic (exact) mass is 670 g/mol. The van der Waals surface area contributed by atoms with Crippen molar-refractivity contribution in [2.24, 2.45) is 0 Å². The molecule has 0 radical (unpaired) electrons. The standard InChI is InChI=1S/C41H54N2O6/c1-4-5-6-7-8-9-10-11-12-13-14-15-16-17-18-19-20-21-25-31-38(45)42-32-27-26-30-35(40(47)48-3)43-39(46)36-33-37(44)41(2,49-36)34-28-23-22-24-29-34/h5-6,8-9,11-12,14-15,17-18,20-24,28-29,33,35H,4,7,10,13,16,19,25-27,30-32H2,1-3H3,(H,42,45)(H,43,46)/b6-5-,9-8-,12-11-,15-14-,18-17-,21-20-. The number of ether oxygens (including phenoxy) is 2. The molecule has 1 aromatic carbocycles. The van der Waals surface area contributed by atoms with Crippen LogP contribution in [0.25, 0.3) is 0 Å². The van der Waals surface area contributed by atoms with Crippen LogP contribution in [0.3, 0.4) is 0 Å². The first-order valence-electron chi connectivity index (χ1n) is 17.4. The molecule has 0 saturated heterocycles. The van der Waals surface area contributed by atoms with Gasteiger partial charge in [-0.3, -0.25) is 14.4 Å². The number of esters is 1. The van der Waals surface area contributed by atoms with E-state index in [9.17, 15) is 19.2 Å². The van der Waals surface area contributed by atoms with Crippen molar-refractivity contribution in [1.29, 1.82) is 0 Å². The highest BCUT2D eigenvalue weighted by molar-refractivity contribution is 6.08. The Kier molecular flexibility index (Phi) is 20.2. The summed E-state index contributed by atoms with van der Waals surface area (Å²) in [7, 11) is 1.25. The molecular formula is C41H54N2O6. The molecule has 1 heterocycles. The second-order valence-electron chi connectivity index (χ2n) is 11.7. The predicted molar refractivity (Wildman–Crippen MR) is 196 cm³/mol. The molecule has 8 heteroatoms. The van der Waals surface area contributed by atoms with E-state index in [0.717, 1.165) is 44.6 Å². The molecule has 2 amide bonds. The molecule has 0 aromatic heterocycles. The van der Waals surface area contributed by atoms with Crippen LogP contribution in [-0.2, 0) is 34.3 Å². The Labute approximate surface area is 292 Å². The van der Waals surface area contributed by atoms with Crippen LogP contribution >= 0.6 is 0 Å². The molecule has 0 fully saturated rings. The third-order valence-electron chi connectivity index (χ3n) is 7.76. The van der Waals surface area contributed by atoms with Gasteiger partial charge in [-0.15, -0.1) is 0 Å². The fourth-order valence-electron chi connectivity index (χ4n) is 4.89. The minimum Gasteiger partial charge on any atom is -0.469 e. The second-order valence-corrected chi connectivity index (χ2v) is 11.7. The Hall–Kier alpha value is -4.72. The smallest absolute Gasteiger partial charge is 0.328 e. The zero-order valence-electron chi connectivity index (χ0n) is 29.4. The molecule has 2 unspecified atom stereocenters. The van der Waals surface area contributed by atoms with Crippen molar-refractivity contribution < 1.29 is 28.7 Å². The van der Waals surface area contributed by atoms with Gasteiger partial charge < -0.3 is 20.1 Å². The summed E-state index contributed by atoms with van der Waals surface area (Å²) in [5.41, 5.74) is -0.679. The maximum atomic E-state index is 12.9. The first-order chi connectivity index (χ1) is 23.8. The summed E-state index contributed by atoms with van der Waals surface area (Å²) in [6, 6.07) is 8.01. The number of rotatable bonds is 23. The van der Waals surface area contributed by atoms with E-state index < -0.39 is 23.5 Å². The van der Waals surface area contributed by atoms with Gasteiger partial charge in [0.05, 0.1) is 7.11 Å². The van der Waals surface area contributed by atoms with Gasteiger partial charge in [0.1, 0.15) is 6.04 Å².